The fourth-order valence-corrected chi connectivity index (χ4v) is 2.51. The standard InChI is InChI=1S/C18H14F3N5O2/c1-11-14(17(28)26(25-11)13-7-3-2-4-8-13)15(18(19,20)21)23-24-16(27)12-6-5-9-22-10-12/h2-10,25H,1H3,(H,24,27)/b23-15-. The predicted octanol–water partition coefficient (Wildman–Crippen LogP) is 2.57. The molecule has 0 aliphatic heterocycles. The van der Waals surface area contributed by atoms with Gasteiger partial charge in [-0.15, -0.1) is 0 Å². The van der Waals surface area contributed by atoms with E-state index < -0.39 is 28.9 Å². The zero-order valence-electron chi connectivity index (χ0n) is 14.5. The molecule has 2 heterocycles. The number of halogens is 3. The average Bonchev–Trinajstić information content (AvgIpc) is 2.97. The van der Waals surface area contributed by atoms with Gasteiger partial charge in [-0.25, -0.2) is 10.1 Å². The summed E-state index contributed by atoms with van der Waals surface area (Å²) in [7, 11) is 0. The number of hydrogen-bond donors (Lipinski definition) is 2. The quantitative estimate of drug-likeness (QED) is 0.531. The van der Waals surface area contributed by atoms with Gasteiger partial charge < -0.3 is 0 Å². The summed E-state index contributed by atoms with van der Waals surface area (Å²) in [4.78, 5) is 28.3. The van der Waals surface area contributed by atoms with Gasteiger partial charge in [-0.05, 0) is 31.2 Å². The smallest absolute Gasteiger partial charge is 0.295 e. The van der Waals surface area contributed by atoms with Gasteiger partial charge in [0.05, 0.1) is 16.8 Å². The van der Waals surface area contributed by atoms with Crippen LogP contribution in [0, 0.1) is 6.92 Å². The van der Waals surface area contributed by atoms with Crippen LogP contribution >= 0.6 is 0 Å². The van der Waals surface area contributed by atoms with Crippen molar-refractivity contribution in [1.82, 2.24) is 20.2 Å². The summed E-state index contributed by atoms with van der Waals surface area (Å²) in [5.74, 6) is -0.883. The van der Waals surface area contributed by atoms with Gasteiger partial charge in [-0.2, -0.15) is 18.3 Å². The van der Waals surface area contributed by atoms with Gasteiger partial charge in [0.15, 0.2) is 5.71 Å². The molecule has 3 aromatic rings. The summed E-state index contributed by atoms with van der Waals surface area (Å²) in [5, 5.41) is 5.80. The number of pyridine rings is 1. The van der Waals surface area contributed by atoms with Gasteiger partial charge in [-0.1, -0.05) is 18.2 Å². The molecule has 0 saturated heterocycles. The van der Waals surface area contributed by atoms with Crippen molar-refractivity contribution >= 4 is 11.6 Å². The lowest BCUT2D eigenvalue weighted by molar-refractivity contribution is -0.0584. The van der Waals surface area contributed by atoms with Crippen molar-refractivity contribution < 1.29 is 18.0 Å². The molecule has 0 saturated carbocycles. The largest absolute Gasteiger partial charge is 0.435 e. The number of nitrogens with one attached hydrogen (secondary N) is 2. The van der Waals surface area contributed by atoms with Crippen LogP contribution in [0.15, 0.2) is 64.8 Å². The molecule has 0 aliphatic rings. The van der Waals surface area contributed by atoms with Crippen LogP contribution < -0.4 is 11.0 Å². The van der Waals surface area contributed by atoms with Crippen LogP contribution in [0.3, 0.4) is 0 Å². The first-order chi connectivity index (χ1) is 13.3. The van der Waals surface area contributed by atoms with Crippen LogP contribution in [-0.4, -0.2) is 32.6 Å². The highest BCUT2D eigenvalue weighted by Crippen LogP contribution is 2.22. The highest BCUT2D eigenvalue weighted by Gasteiger charge is 2.41. The van der Waals surface area contributed by atoms with E-state index in [9.17, 15) is 22.8 Å². The SMILES string of the molecule is Cc1[nH]n(-c2ccccc2)c(=O)c1/C(=N/NC(=O)c1cccnc1)C(F)(F)F. The molecule has 7 nitrogen and oxygen atoms in total. The van der Waals surface area contributed by atoms with Gasteiger partial charge in [0, 0.05) is 18.1 Å². The van der Waals surface area contributed by atoms with Gasteiger partial charge >= 0.3 is 6.18 Å². The van der Waals surface area contributed by atoms with E-state index in [1.807, 2.05) is 5.43 Å². The molecule has 0 fully saturated rings. The predicted molar refractivity (Wildman–Crippen MR) is 95.4 cm³/mol. The number of amides is 1. The monoisotopic (exact) mass is 389 g/mol. The molecule has 1 amide bonds. The van der Waals surface area contributed by atoms with E-state index in [-0.39, 0.29) is 11.3 Å². The Morgan fingerprint density at radius 3 is 2.50 bits per heavy atom. The van der Waals surface area contributed by atoms with E-state index in [0.29, 0.717) is 5.69 Å². The Labute approximate surface area is 156 Å². The summed E-state index contributed by atoms with van der Waals surface area (Å²) < 4.78 is 41.7. The number of carbonyl (C=O) groups is 1. The Hall–Kier alpha value is -3.69. The number of alkyl halides is 3. The second-order valence-electron chi connectivity index (χ2n) is 5.73. The number of H-pyrrole nitrogens is 1. The molecule has 0 aliphatic carbocycles. The van der Waals surface area contributed by atoms with Crippen molar-refractivity contribution in [1.29, 1.82) is 0 Å². The van der Waals surface area contributed by atoms with Gasteiger partial charge in [0.1, 0.15) is 0 Å². The fraction of sp³-hybridized carbons (Fsp3) is 0.111. The molecule has 3 rings (SSSR count). The lowest BCUT2D eigenvalue weighted by Gasteiger charge is -2.09. The molecule has 10 heteroatoms. The first-order valence-corrected chi connectivity index (χ1v) is 8.01. The lowest BCUT2D eigenvalue weighted by Crippen LogP contribution is -2.33. The van der Waals surface area contributed by atoms with E-state index in [4.69, 9.17) is 0 Å². The van der Waals surface area contributed by atoms with Crippen LogP contribution in [0.2, 0.25) is 0 Å². The molecule has 0 radical (unpaired) electrons. The van der Waals surface area contributed by atoms with Crippen LogP contribution in [0.5, 0.6) is 0 Å². The lowest BCUT2D eigenvalue weighted by atomic mass is 10.1. The number of aromatic nitrogens is 3. The van der Waals surface area contributed by atoms with Crippen molar-refractivity contribution in [3.63, 3.8) is 0 Å². The third-order valence-electron chi connectivity index (χ3n) is 3.78. The zero-order valence-corrected chi connectivity index (χ0v) is 14.5. The van der Waals surface area contributed by atoms with E-state index in [0.717, 1.165) is 4.68 Å². The number of aromatic amines is 1. The Bertz CT molecular complexity index is 1070. The van der Waals surface area contributed by atoms with E-state index in [2.05, 4.69) is 15.2 Å². The first kappa shape index (κ1) is 19.1. The van der Waals surface area contributed by atoms with E-state index in [1.165, 1.54) is 31.5 Å². The maximum atomic E-state index is 13.6. The third-order valence-corrected chi connectivity index (χ3v) is 3.78. The van der Waals surface area contributed by atoms with Crippen molar-refractivity contribution in [2.75, 3.05) is 0 Å². The van der Waals surface area contributed by atoms with Gasteiger partial charge in [-0.3, -0.25) is 19.7 Å². The minimum atomic E-state index is -4.97. The second-order valence-corrected chi connectivity index (χ2v) is 5.73. The van der Waals surface area contributed by atoms with Crippen LogP contribution in [0.4, 0.5) is 13.2 Å². The highest BCUT2D eigenvalue weighted by molar-refractivity contribution is 6.06. The number of hydrogen-bond acceptors (Lipinski definition) is 4. The molecule has 0 unspecified atom stereocenters. The minimum absolute atomic E-state index is 0.0280. The van der Waals surface area contributed by atoms with Crippen LogP contribution in [-0.2, 0) is 0 Å². The zero-order chi connectivity index (χ0) is 20.3. The summed E-state index contributed by atoms with van der Waals surface area (Å²) in [6.45, 7) is 1.32. The van der Waals surface area contributed by atoms with Crippen molar-refractivity contribution in [3.8, 4) is 5.69 Å². The molecule has 0 spiro atoms. The minimum Gasteiger partial charge on any atom is -0.295 e. The Morgan fingerprint density at radius 1 is 1.18 bits per heavy atom. The molecule has 1 aromatic carbocycles. The molecule has 2 aromatic heterocycles. The van der Waals surface area contributed by atoms with E-state index >= 15 is 0 Å². The topological polar surface area (TPSA) is 92.1 Å². The molecule has 28 heavy (non-hydrogen) atoms. The normalized spacial score (nSPS) is 12.1. The Morgan fingerprint density at radius 2 is 1.89 bits per heavy atom. The molecule has 0 bridgehead atoms. The number of hydrazone groups is 1. The summed E-state index contributed by atoms with van der Waals surface area (Å²) in [5.41, 5.74) is -0.929. The van der Waals surface area contributed by atoms with E-state index in [1.54, 1.807) is 30.3 Å². The Kier molecular flexibility index (Phi) is 5.12. The van der Waals surface area contributed by atoms with Crippen molar-refractivity contribution in [2.45, 2.75) is 13.1 Å². The molecule has 144 valence electrons. The van der Waals surface area contributed by atoms with Gasteiger partial charge in [0.2, 0.25) is 0 Å². The first-order valence-electron chi connectivity index (χ1n) is 8.01. The van der Waals surface area contributed by atoms with Crippen molar-refractivity contribution in [3.05, 3.63) is 82.0 Å². The van der Waals surface area contributed by atoms with Crippen LogP contribution in [0.25, 0.3) is 5.69 Å². The van der Waals surface area contributed by atoms with Crippen molar-refractivity contribution in [2.24, 2.45) is 5.10 Å². The van der Waals surface area contributed by atoms with Crippen LogP contribution in [0.1, 0.15) is 21.6 Å². The number of rotatable bonds is 4. The average molecular weight is 389 g/mol. The molecule has 0 atom stereocenters. The summed E-state index contributed by atoms with van der Waals surface area (Å²) >= 11 is 0. The molecule has 2 N–H and O–H groups in total. The number of aryl methyl sites for hydroxylation is 1. The summed E-state index contributed by atoms with van der Waals surface area (Å²) in [6.07, 6.45) is -2.37. The fourth-order valence-electron chi connectivity index (χ4n) is 2.51. The number of carbonyl (C=O) groups excluding carboxylic acids is 1. The Balaban J connectivity index is 2.03. The van der Waals surface area contributed by atoms with Gasteiger partial charge in [0.25, 0.3) is 11.5 Å². The number of benzene rings is 1. The highest BCUT2D eigenvalue weighted by atomic mass is 19.4. The summed E-state index contributed by atoms with van der Waals surface area (Å²) in [6, 6.07) is 11.0. The second kappa shape index (κ2) is 7.51. The number of nitrogens with zero attached hydrogens (tertiary/aromatic N) is 3. The maximum Gasteiger partial charge on any atom is 0.435 e. The molecular weight excluding hydrogens is 375 g/mol. The third kappa shape index (κ3) is 3.85. The maximum absolute atomic E-state index is 13.6. The molecular formula is C18H14F3N5O2. The number of para-hydroxylation sites is 1.